The van der Waals surface area contributed by atoms with Crippen molar-refractivity contribution in [3.63, 3.8) is 0 Å². The molecule has 0 spiro atoms. The highest BCUT2D eigenvalue weighted by Crippen LogP contribution is 2.49. The topological polar surface area (TPSA) is 35.5 Å². The van der Waals surface area contributed by atoms with E-state index in [4.69, 9.17) is 0 Å². The molecule has 1 saturated heterocycles. The van der Waals surface area contributed by atoms with Crippen LogP contribution in [0.1, 0.15) is 24.4 Å². The minimum Gasteiger partial charge on any atom is -0.506 e. The van der Waals surface area contributed by atoms with Crippen LogP contribution in [0, 0.1) is 17.6 Å². The summed E-state index contributed by atoms with van der Waals surface area (Å²) < 4.78 is 28.1. The summed E-state index contributed by atoms with van der Waals surface area (Å²) in [5.41, 5.74) is 0.112. The van der Waals surface area contributed by atoms with Crippen LogP contribution in [-0.2, 0) is 0 Å². The monoisotopic (exact) mass is 346 g/mol. The smallest absolute Gasteiger partial charge is 0.167 e. The standard InChI is InChI=1S/C14H17BrF2N2O/c15-9-7-10(16)12(17)11(14(9)20)13(8-1-2-8)19-5-3-18-4-6-19/h7-8,13,18,20H,1-6H2/t13-/m1/s1. The fourth-order valence-electron chi connectivity index (χ4n) is 2.96. The molecule has 1 saturated carbocycles. The maximum atomic E-state index is 14.2. The van der Waals surface area contributed by atoms with Gasteiger partial charge in [0.2, 0.25) is 0 Å². The Kier molecular flexibility index (Phi) is 3.97. The molecule has 3 rings (SSSR count). The summed E-state index contributed by atoms with van der Waals surface area (Å²) in [6.45, 7) is 3.24. The molecule has 1 aromatic rings. The first-order valence-corrected chi connectivity index (χ1v) is 7.70. The Labute approximate surface area is 125 Å². The first kappa shape index (κ1) is 14.2. The maximum absolute atomic E-state index is 14.2. The van der Waals surface area contributed by atoms with E-state index in [2.05, 4.69) is 26.1 Å². The molecular formula is C14H17BrF2N2O. The van der Waals surface area contributed by atoms with E-state index in [0.717, 1.165) is 45.1 Å². The van der Waals surface area contributed by atoms with Crippen LogP contribution < -0.4 is 5.32 Å². The highest BCUT2D eigenvalue weighted by atomic mass is 79.9. The molecule has 2 aliphatic rings. The van der Waals surface area contributed by atoms with Crippen molar-refractivity contribution in [2.24, 2.45) is 5.92 Å². The van der Waals surface area contributed by atoms with Gasteiger partial charge in [0.05, 0.1) is 10.0 Å². The molecule has 0 amide bonds. The Morgan fingerprint density at radius 2 is 1.95 bits per heavy atom. The molecule has 1 atom stereocenters. The van der Waals surface area contributed by atoms with Crippen molar-refractivity contribution in [1.82, 2.24) is 10.2 Å². The van der Waals surface area contributed by atoms with Gasteiger partial charge in [-0.2, -0.15) is 0 Å². The van der Waals surface area contributed by atoms with Crippen LogP contribution >= 0.6 is 15.9 Å². The Hall–Kier alpha value is -0.720. The van der Waals surface area contributed by atoms with Gasteiger partial charge in [-0.05, 0) is 40.8 Å². The third kappa shape index (κ3) is 2.56. The van der Waals surface area contributed by atoms with Gasteiger partial charge in [-0.3, -0.25) is 4.90 Å². The molecule has 2 N–H and O–H groups in total. The molecule has 1 aliphatic carbocycles. The predicted octanol–water partition coefficient (Wildman–Crippen LogP) is 2.79. The van der Waals surface area contributed by atoms with Crippen LogP contribution in [-0.4, -0.2) is 36.2 Å². The molecule has 1 aliphatic heterocycles. The van der Waals surface area contributed by atoms with Gasteiger partial charge >= 0.3 is 0 Å². The van der Waals surface area contributed by atoms with Crippen LogP contribution in [0.25, 0.3) is 0 Å². The Balaban J connectivity index is 2.03. The summed E-state index contributed by atoms with van der Waals surface area (Å²) in [7, 11) is 0. The molecule has 0 unspecified atom stereocenters. The van der Waals surface area contributed by atoms with E-state index in [9.17, 15) is 13.9 Å². The second-order valence-corrected chi connectivity index (χ2v) is 6.34. The molecule has 0 bridgehead atoms. The number of phenolic OH excluding ortho intramolecular Hbond substituents is 1. The van der Waals surface area contributed by atoms with Crippen molar-refractivity contribution in [1.29, 1.82) is 0 Å². The zero-order chi connectivity index (χ0) is 14.3. The zero-order valence-corrected chi connectivity index (χ0v) is 12.6. The molecule has 1 aromatic carbocycles. The normalized spacial score (nSPS) is 21.9. The number of piperazine rings is 1. The van der Waals surface area contributed by atoms with Crippen LogP contribution in [0.15, 0.2) is 10.5 Å². The SMILES string of the molecule is Oc1c(Br)cc(F)c(F)c1[C@@H](C1CC1)N1CCNCC1. The van der Waals surface area contributed by atoms with Gasteiger partial charge in [-0.15, -0.1) is 0 Å². The van der Waals surface area contributed by atoms with Crippen molar-refractivity contribution < 1.29 is 13.9 Å². The number of aromatic hydroxyl groups is 1. The lowest BCUT2D eigenvalue weighted by Gasteiger charge is -2.36. The van der Waals surface area contributed by atoms with E-state index in [1.165, 1.54) is 0 Å². The highest BCUT2D eigenvalue weighted by molar-refractivity contribution is 9.10. The number of hydrogen-bond donors (Lipinski definition) is 2. The maximum Gasteiger partial charge on any atom is 0.167 e. The third-order valence-electron chi connectivity index (χ3n) is 4.09. The second kappa shape index (κ2) is 5.58. The van der Waals surface area contributed by atoms with Crippen molar-refractivity contribution >= 4 is 15.9 Å². The minimum absolute atomic E-state index is 0.112. The molecule has 20 heavy (non-hydrogen) atoms. The number of rotatable bonds is 3. The minimum atomic E-state index is -0.916. The van der Waals surface area contributed by atoms with Crippen molar-refractivity contribution in [3.8, 4) is 5.75 Å². The first-order valence-electron chi connectivity index (χ1n) is 6.90. The first-order chi connectivity index (χ1) is 9.59. The lowest BCUT2D eigenvalue weighted by molar-refractivity contribution is 0.149. The van der Waals surface area contributed by atoms with Crippen LogP contribution in [0.5, 0.6) is 5.75 Å². The molecule has 6 heteroatoms. The number of phenols is 1. The average molecular weight is 347 g/mol. The van der Waals surface area contributed by atoms with Gasteiger partial charge < -0.3 is 10.4 Å². The fourth-order valence-corrected chi connectivity index (χ4v) is 3.38. The molecule has 3 nitrogen and oxygen atoms in total. The molecule has 1 heterocycles. The average Bonchev–Trinajstić information content (AvgIpc) is 3.27. The van der Waals surface area contributed by atoms with Crippen molar-refractivity contribution in [3.05, 3.63) is 27.7 Å². The second-order valence-electron chi connectivity index (χ2n) is 5.48. The summed E-state index contributed by atoms with van der Waals surface area (Å²) in [5.74, 6) is -1.69. The van der Waals surface area contributed by atoms with E-state index in [-0.39, 0.29) is 21.8 Å². The van der Waals surface area contributed by atoms with Gasteiger partial charge in [-0.25, -0.2) is 8.78 Å². The summed E-state index contributed by atoms with van der Waals surface area (Å²) >= 11 is 3.11. The third-order valence-corrected chi connectivity index (χ3v) is 4.69. The zero-order valence-electron chi connectivity index (χ0n) is 11.0. The Morgan fingerprint density at radius 3 is 2.55 bits per heavy atom. The van der Waals surface area contributed by atoms with Crippen LogP contribution in [0.4, 0.5) is 8.78 Å². The van der Waals surface area contributed by atoms with Crippen molar-refractivity contribution in [2.75, 3.05) is 26.2 Å². The largest absolute Gasteiger partial charge is 0.506 e. The van der Waals surface area contributed by atoms with E-state index in [1.54, 1.807) is 0 Å². The Morgan fingerprint density at radius 1 is 1.30 bits per heavy atom. The van der Waals surface area contributed by atoms with Gasteiger partial charge in [0, 0.05) is 32.2 Å². The molecule has 110 valence electrons. The summed E-state index contributed by atoms with van der Waals surface area (Å²) in [4.78, 5) is 2.15. The summed E-state index contributed by atoms with van der Waals surface area (Å²) in [5, 5.41) is 13.4. The van der Waals surface area contributed by atoms with Crippen LogP contribution in [0.2, 0.25) is 0 Å². The molecular weight excluding hydrogens is 330 g/mol. The van der Waals surface area contributed by atoms with E-state index in [0.29, 0.717) is 5.92 Å². The van der Waals surface area contributed by atoms with E-state index in [1.807, 2.05) is 0 Å². The molecule has 0 radical (unpaired) electrons. The molecule has 0 aromatic heterocycles. The summed E-state index contributed by atoms with van der Waals surface area (Å²) in [6.07, 6.45) is 2.00. The lowest BCUT2D eigenvalue weighted by atomic mass is 9.98. The number of nitrogens with zero attached hydrogens (tertiary/aromatic N) is 1. The van der Waals surface area contributed by atoms with Crippen LogP contribution in [0.3, 0.4) is 0 Å². The number of nitrogens with one attached hydrogen (secondary N) is 1. The lowest BCUT2D eigenvalue weighted by Crippen LogP contribution is -2.46. The number of halogens is 3. The molecule has 2 fully saturated rings. The quantitative estimate of drug-likeness (QED) is 0.826. The van der Waals surface area contributed by atoms with Gasteiger partial charge in [0.25, 0.3) is 0 Å². The fraction of sp³-hybridized carbons (Fsp3) is 0.571. The number of hydrogen-bond acceptors (Lipinski definition) is 3. The van der Waals surface area contributed by atoms with E-state index < -0.39 is 11.6 Å². The van der Waals surface area contributed by atoms with Gasteiger partial charge in [0.1, 0.15) is 5.75 Å². The summed E-state index contributed by atoms with van der Waals surface area (Å²) in [6, 6.07) is 0.750. The van der Waals surface area contributed by atoms with E-state index >= 15 is 0 Å². The number of benzene rings is 1. The van der Waals surface area contributed by atoms with Gasteiger partial charge in [-0.1, -0.05) is 0 Å². The van der Waals surface area contributed by atoms with Gasteiger partial charge in [0.15, 0.2) is 11.6 Å². The van der Waals surface area contributed by atoms with Crippen molar-refractivity contribution in [2.45, 2.75) is 18.9 Å². The Bertz CT molecular complexity index is 490. The highest BCUT2D eigenvalue weighted by Gasteiger charge is 2.40. The predicted molar refractivity (Wildman–Crippen MR) is 75.6 cm³/mol.